The molecule has 0 N–H and O–H groups in total. The summed E-state index contributed by atoms with van der Waals surface area (Å²) in [5, 5.41) is 0. The maximum atomic E-state index is 11.6. The van der Waals surface area contributed by atoms with Gasteiger partial charge in [0, 0.05) is 18.2 Å². The van der Waals surface area contributed by atoms with Crippen LogP contribution in [0.25, 0.3) is 0 Å². The minimum Gasteiger partial charge on any atom is -0.319 e. The standard InChI is InChI=1S/C8H11OP/c1-3-8-5-6-10(9,4-2)7-8/h1,5-6,8H,4,7H2,2H3. The van der Waals surface area contributed by atoms with Crippen LogP contribution in [-0.4, -0.2) is 12.3 Å². The summed E-state index contributed by atoms with van der Waals surface area (Å²) in [5.74, 6) is 4.54. The van der Waals surface area contributed by atoms with Crippen LogP contribution in [0.15, 0.2) is 11.9 Å². The van der Waals surface area contributed by atoms with Gasteiger partial charge < -0.3 is 4.57 Å². The minimum absolute atomic E-state index is 0.130. The van der Waals surface area contributed by atoms with Crippen LogP contribution in [0.3, 0.4) is 0 Å². The fraction of sp³-hybridized carbons (Fsp3) is 0.500. The molecule has 1 aliphatic rings. The van der Waals surface area contributed by atoms with Crippen LogP contribution in [0.2, 0.25) is 0 Å². The van der Waals surface area contributed by atoms with Crippen molar-refractivity contribution in [2.75, 3.05) is 12.3 Å². The Morgan fingerprint density at radius 2 is 2.60 bits per heavy atom. The summed E-state index contributed by atoms with van der Waals surface area (Å²) in [4.78, 5) is 0. The third-order valence-electron chi connectivity index (χ3n) is 1.85. The molecule has 0 amide bonds. The van der Waals surface area contributed by atoms with Crippen molar-refractivity contribution < 1.29 is 4.57 Å². The van der Waals surface area contributed by atoms with Gasteiger partial charge in [-0.15, -0.1) is 6.42 Å². The molecule has 0 aliphatic carbocycles. The van der Waals surface area contributed by atoms with Crippen LogP contribution >= 0.6 is 7.14 Å². The third-order valence-corrected chi connectivity index (χ3v) is 4.64. The molecule has 2 heteroatoms. The Balaban J connectivity index is 2.71. The van der Waals surface area contributed by atoms with E-state index in [1.165, 1.54) is 0 Å². The van der Waals surface area contributed by atoms with Gasteiger partial charge in [0.05, 0.1) is 0 Å². The molecule has 0 saturated carbocycles. The van der Waals surface area contributed by atoms with Crippen LogP contribution in [0, 0.1) is 18.3 Å². The highest BCUT2D eigenvalue weighted by atomic mass is 31.2. The van der Waals surface area contributed by atoms with E-state index in [-0.39, 0.29) is 5.92 Å². The lowest BCUT2D eigenvalue weighted by atomic mass is 10.2. The third kappa shape index (κ3) is 1.33. The molecule has 0 aromatic rings. The van der Waals surface area contributed by atoms with Gasteiger partial charge in [-0.2, -0.15) is 0 Å². The summed E-state index contributed by atoms with van der Waals surface area (Å²) in [7, 11) is -1.95. The molecule has 10 heavy (non-hydrogen) atoms. The molecule has 0 saturated heterocycles. The van der Waals surface area contributed by atoms with Gasteiger partial charge in [-0.1, -0.05) is 18.9 Å². The van der Waals surface area contributed by atoms with Crippen molar-refractivity contribution >= 4 is 7.14 Å². The van der Waals surface area contributed by atoms with Gasteiger partial charge in [0.15, 0.2) is 0 Å². The highest BCUT2D eigenvalue weighted by Gasteiger charge is 2.25. The van der Waals surface area contributed by atoms with Gasteiger partial charge in [-0.05, 0) is 5.82 Å². The number of terminal acetylenes is 1. The summed E-state index contributed by atoms with van der Waals surface area (Å²) in [6, 6.07) is 0. The molecule has 0 radical (unpaired) electrons. The molecular weight excluding hydrogens is 143 g/mol. The topological polar surface area (TPSA) is 17.1 Å². The van der Waals surface area contributed by atoms with Gasteiger partial charge >= 0.3 is 0 Å². The Kier molecular flexibility index (Phi) is 2.02. The SMILES string of the molecule is C#CC1C=CP(=O)(CC)C1. The summed E-state index contributed by atoms with van der Waals surface area (Å²) in [6.45, 7) is 1.95. The lowest BCUT2D eigenvalue weighted by molar-refractivity contribution is 0.581. The van der Waals surface area contributed by atoms with Crippen LogP contribution in [0.5, 0.6) is 0 Å². The second-order valence-corrected chi connectivity index (χ2v) is 5.77. The number of hydrogen-bond acceptors (Lipinski definition) is 1. The molecular formula is C8H11OP. The van der Waals surface area contributed by atoms with Crippen molar-refractivity contribution in [1.82, 2.24) is 0 Å². The van der Waals surface area contributed by atoms with Gasteiger partial charge in [-0.3, -0.25) is 0 Å². The zero-order valence-electron chi connectivity index (χ0n) is 6.08. The van der Waals surface area contributed by atoms with E-state index in [2.05, 4.69) is 5.92 Å². The van der Waals surface area contributed by atoms with Crippen molar-refractivity contribution in [3.63, 3.8) is 0 Å². The van der Waals surface area contributed by atoms with Crippen molar-refractivity contribution in [2.24, 2.45) is 5.92 Å². The fourth-order valence-corrected chi connectivity index (χ4v) is 3.06. The molecule has 1 heterocycles. The maximum Gasteiger partial charge on any atom is 0.109 e. The lowest BCUT2D eigenvalue weighted by Gasteiger charge is -2.05. The van der Waals surface area contributed by atoms with E-state index >= 15 is 0 Å². The second-order valence-electron chi connectivity index (χ2n) is 2.57. The van der Waals surface area contributed by atoms with Gasteiger partial charge in [0.25, 0.3) is 0 Å². The van der Waals surface area contributed by atoms with E-state index in [9.17, 15) is 4.57 Å². The average molecular weight is 154 g/mol. The zero-order chi connectivity index (χ0) is 7.61. The number of hydrogen-bond donors (Lipinski definition) is 0. The normalized spacial score (nSPS) is 37.8. The number of allylic oxidation sites excluding steroid dienone is 1. The first kappa shape index (κ1) is 7.63. The Morgan fingerprint density at radius 3 is 2.90 bits per heavy atom. The van der Waals surface area contributed by atoms with Crippen LogP contribution in [0.1, 0.15) is 6.92 Å². The smallest absolute Gasteiger partial charge is 0.109 e. The van der Waals surface area contributed by atoms with Crippen molar-refractivity contribution in [3.8, 4) is 12.3 Å². The van der Waals surface area contributed by atoms with E-state index in [4.69, 9.17) is 6.42 Å². The molecule has 0 spiro atoms. The Bertz CT molecular complexity index is 234. The van der Waals surface area contributed by atoms with Crippen LogP contribution in [0.4, 0.5) is 0 Å². The predicted molar refractivity (Wildman–Crippen MR) is 44.5 cm³/mol. The fourth-order valence-electron chi connectivity index (χ4n) is 1.06. The molecule has 0 aromatic carbocycles. The Hall–Kier alpha value is -0.470. The molecule has 0 bridgehead atoms. The minimum atomic E-state index is -1.95. The predicted octanol–water partition coefficient (Wildman–Crippen LogP) is 2.15. The Labute approximate surface area is 61.9 Å². The number of rotatable bonds is 1. The van der Waals surface area contributed by atoms with Crippen LogP contribution < -0.4 is 0 Å². The molecule has 2 unspecified atom stereocenters. The summed E-state index contributed by atoms with van der Waals surface area (Å²) in [6.07, 6.45) is 8.53. The van der Waals surface area contributed by atoms with Crippen molar-refractivity contribution in [1.29, 1.82) is 0 Å². The molecule has 0 fully saturated rings. The summed E-state index contributed by atoms with van der Waals surface area (Å²) < 4.78 is 11.6. The van der Waals surface area contributed by atoms with E-state index in [0.29, 0.717) is 6.16 Å². The lowest BCUT2D eigenvalue weighted by Crippen LogP contribution is -1.94. The molecule has 1 rings (SSSR count). The maximum absolute atomic E-state index is 11.6. The average Bonchev–Trinajstić information content (AvgIpc) is 2.33. The second kappa shape index (κ2) is 2.64. The molecule has 0 aromatic heterocycles. The highest BCUT2D eigenvalue weighted by molar-refractivity contribution is 7.67. The molecule has 1 nitrogen and oxygen atoms in total. The summed E-state index contributed by atoms with van der Waals surface area (Å²) >= 11 is 0. The molecule has 1 aliphatic heterocycles. The van der Waals surface area contributed by atoms with Crippen LogP contribution in [-0.2, 0) is 4.57 Å². The van der Waals surface area contributed by atoms with Gasteiger partial charge in [0.2, 0.25) is 0 Å². The highest BCUT2D eigenvalue weighted by Crippen LogP contribution is 2.52. The largest absolute Gasteiger partial charge is 0.319 e. The quantitative estimate of drug-likeness (QED) is 0.417. The first-order valence-electron chi connectivity index (χ1n) is 3.43. The van der Waals surface area contributed by atoms with E-state index in [0.717, 1.165) is 6.16 Å². The first-order chi connectivity index (χ1) is 4.70. The monoisotopic (exact) mass is 154 g/mol. The molecule has 2 atom stereocenters. The summed E-state index contributed by atoms with van der Waals surface area (Å²) in [5.41, 5.74) is 0. The van der Waals surface area contributed by atoms with E-state index in [1.54, 1.807) is 0 Å². The van der Waals surface area contributed by atoms with Crippen molar-refractivity contribution in [2.45, 2.75) is 6.92 Å². The van der Waals surface area contributed by atoms with Crippen molar-refractivity contribution in [3.05, 3.63) is 11.9 Å². The van der Waals surface area contributed by atoms with E-state index < -0.39 is 7.14 Å². The van der Waals surface area contributed by atoms with Gasteiger partial charge in [-0.25, -0.2) is 0 Å². The van der Waals surface area contributed by atoms with Gasteiger partial charge in [0.1, 0.15) is 7.14 Å². The first-order valence-corrected chi connectivity index (χ1v) is 5.58. The Morgan fingerprint density at radius 1 is 1.90 bits per heavy atom. The van der Waals surface area contributed by atoms with E-state index in [1.807, 2.05) is 18.8 Å². The molecule has 54 valence electrons. The zero-order valence-corrected chi connectivity index (χ0v) is 6.97.